The SMILES string of the molecule is CN[C@@H](CC(C)(C)O)C(=O)O.CN[C@@H](CC(C)C)C(=O)O. The molecule has 0 aromatic heterocycles. The number of rotatable bonds is 8. The first-order chi connectivity index (χ1) is 9.44. The van der Waals surface area contributed by atoms with Gasteiger partial charge in [0.25, 0.3) is 0 Å². The Morgan fingerprint density at radius 2 is 1.38 bits per heavy atom. The lowest BCUT2D eigenvalue weighted by Gasteiger charge is -2.21. The quantitative estimate of drug-likeness (QED) is 0.443. The van der Waals surface area contributed by atoms with Crippen LogP contribution in [-0.2, 0) is 9.59 Å². The van der Waals surface area contributed by atoms with E-state index in [1.54, 1.807) is 27.9 Å². The molecule has 0 aliphatic heterocycles. The topological polar surface area (TPSA) is 119 Å². The fourth-order valence-electron chi connectivity index (χ4n) is 1.63. The average molecular weight is 306 g/mol. The zero-order chi connectivity index (χ0) is 17.2. The summed E-state index contributed by atoms with van der Waals surface area (Å²) >= 11 is 0. The van der Waals surface area contributed by atoms with Gasteiger partial charge in [0.05, 0.1) is 5.60 Å². The lowest BCUT2D eigenvalue weighted by atomic mass is 9.99. The van der Waals surface area contributed by atoms with E-state index in [1.165, 1.54) is 0 Å². The van der Waals surface area contributed by atoms with E-state index in [1.807, 2.05) is 13.8 Å². The van der Waals surface area contributed by atoms with Gasteiger partial charge in [-0.25, -0.2) is 0 Å². The predicted octanol–water partition coefficient (Wildman–Crippen LogP) is 0.525. The van der Waals surface area contributed by atoms with Crippen molar-refractivity contribution in [2.45, 2.75) is 58.2 Å². The predicted molar refractivity (Wildman–Crippen MR) is 81.3 cm³/mol. The van der Waals surface area contributed by atoms with Crippen LogP contribution < -0.4 is 10.6 Å². The Balaban J connectivity index is 0. The number of hydrogen-bond donors (Lipinski definition) is 5. The van der Waals surface area contributed by atoms with Gasteiger partial charge in [-0.15, -0.1) is 0 Å². The Morgan fingerprint density at radius 3 is 1.48 bits per heavy atom. The molecule has 0 aromatic rings. The first kappa shape index (κ1) is 22.1. The summed E-state index contributed by atoms with van der Waals surface area (Å²) in [6.07, 6.45) is 0.894. The number of carboxylic acids is 2. The minimum absolute atomic E-state index is 0.207. The highest BCUT2D eigenvalue weighted by Gasteiger charge is 2.23. The number of likely N-dealkylation sites (N-methyl/N-ethyl adjacent to an activating group) is 2. The second kappa shape index (κ2) is 10.5. The highest BCUT2D eigenvalue weighted by Crippen LogP contribution is 2.10. The highest BCUT2D eigenvalue weighted by molar-refractivity contribution is 5.73. The summed E-state index contributed by atoms with van der Waals surface area (Å²) in [6.45, 7) is 7.18. The molecule has 0 aliphatic carbocycles. The van der Waals surface area contributed by atoms with Crippen LogP contribution in [0.3, 0.4) is 0 Å². The van der Waals surface area contributed by atoms with Crippen molar-refractivity contribution in [3.05, 3.63) is 0 Å². The third-order valence-electron chi connectivity index (χ3n) is 2.70. The molecule has 0 radical (unpaired) electrons. The zero-order valence-electron chi connectivity index (χ0n) is 13.8. The Morgan fingerprint density at radius 1 is 1.00 bits per heavy atom. The van der Waals surface area contributed by atoms with E-state index >= 15 is 0 Å². The smallest absolute Gasteiger partial charge is 0.320 e. The summed E-state index contributed by atoms with van der Waals surface area (Å²) in [5.74, 6) is -1.28. The van der Waals surface area contributed by atoms with E-state index in [2.05, 4.69) is 10.6 Å². The standard InChI is InChI=1S/C7H15NO3.C7H15NO2/c1-7(2,11)4-5(8-3)6(9)10;1-5(2)4-6(8-3)7(9)10/h5,8,11H,4H2,1-3H3,(H,9,10);5-6,8H,4H2,1-3H3,(H,9,10)/t5-;6-/m00/s1. The van der Waals surface area contributed by atoms with E-state index in [0.29, 0.717) is 12.3 Å². The monoisotopic (exact) mass is 306 g/mol. The molecule has 0 amide bonds. The summed E-state index contributed by atoms with van der Waals surface area (Å²) in [4.78, 5) is 20.8. The maximum atomic E-state index is 10.4. The third-order valence-corrected chi connectivity index (χ3v) is 2.70. The van der Waals surface area contributed by atoms with Crippen LogP contribution >= 0.6 is 0 Å². The molecule has 0 aliphatic rings. The molecule has 0 aromatic carbocycles. The van der Waals surface area contributed by atoms with Crippen LogP contribution in [-0.4, -0.2) is 59.0 Å². The number of nitrogens with one attached hydrogen (secondary N) is 2. The van der Waals surface area contributed by atoms with E-state index in [0.717, 1.165) is 0 Å². The van der Waals surface area contributed by atoms with Crippen molar-refractivity contribution in [2.24, 2.45) is 5.92 Å². The molecule has 7 heteroatoms. The first-order valence-corrected chi connectivity index (χ1v) is 6.97. The van der Waals surface area contributed by atoms with Crippen LogP contribution in [0.15, 0.2) is 0 Å². The molecule has 0 rings (SSSR count). The molecular formula is C14H30N2O5. The summed E-state index contributed by atoms with van der Waals surface area (Å²) < 4.78 is 0. The molecule has 0 saturated heterocycles. The minimum Gasteiger partial charge on any atom is -0.480 e. The zero-order valence-corrected chi connectivity index (χ0v) is 13.8. The molecule has 21 heavy (non-hydrogen) atoms. The largest absolute Gasteiger partial charge is 0.480 e. The molecule has 0 heterocycles. The van der Waals surface area contributed by atoms with Crippen LogP contribution in [0.1, 0.15) is 40.5 Å². The number of carboxylic acid groups (broad SMARTS) is 2. The third kappa shape index (κ3) is 13.6. The highest BCUT2D eigenvalue weighted by atomic mass is 16.4. The number of aliphatic carboxylic acids is 2. The van der Waals surface area contributed by atoms with Crippen LogP contribution in [0.5, 0.6) is 0 Å². The van der Waals surface area contributed by atoms with Crippen molar-refractivity contribution >= 4 is 11.9 Å². The van der Waals surface area contributed by atoms with Crippen molar-refractivity contribution in [3.8, 4) is 0 Å². The van der Waals surface area contributed by atoms with Gasteiger partial charge in [-0.2, -0.15) is 0 Å². The van der Waals surface area contributed by atoms with Gasteiger partial charge in [0.1, 0.15) is 12.1 Å². The second-order valence-corrected chi connectivity index (χ2v) is 6.01. The minimum atomic E-state index is -0.938. The molecule has 0 bridgehead atoms. The van der Waals surface area contributed by atoms with Gasteiger partial charge < -0.3 is 26.0 Å². The fraction of sp³-hybridized carbons (Fsp3) is 0.857. The fourth-order valence-corrected chi connectivity index (χ4v) is 1.63. The molecule has 0 saturated carbocycles. The van der Waals surface area contributed by atoms with E-state index in [9.17, 15) is 14.7 Å². The summed E-state index contributed by atoms with van der Waals surface area (Å²) in [5, 5.41) is 31.7. The van der Waals surface area contributed by atoms with Crippen molar-refractivity contribution in [2.75, 3.05) is 14.1 Å². The molecule has 2 atom stereocenters. The van der Waals surface area contributed by atoms with Gasteiger partial charge in [-0.05, 0) is 40.3 Å². The van der Waals surface area contributed by atoms with Gasteiger partial charge in [-0.1, -0.05) is 13.8 Å². The lowest BCUT2D eigenvalue weighted by molar-refractivity contribution is -0.141. The van der Waals surface area contributed by atoms with Crippen molar-refractivity contribution in [3.63, 3.8) is 0 Å². The molecule has 126 valence electrons. The van der Waals surface area contributed by atoms with Gasteiger partial charge >= 0.3 is 11.9 Å². The van der Waals surface area contributed by atoms with Crippen molar-refractivity contribution in [1.82, 2.24) is 10.6 Å². The number of carbonyl (C=O) groups is 2. The van der Waals surface area contributed by atoms with Gasteiger partial charge in [-0.3, -0.25) is 9.59 Å². The van der Waals surface area contributed by atoms with E-state index in [-0.39, 0.29) is 12.5 Å². The second-order valence-electron chi connectivity index (χ2n) is 6.01. The Bertz CT molecular complexity index is 313. The van der Waals surface area contributed by atoms with Crippen LogP contribution in [0.2, 0.25) is 0 Å². The molecule has 0 unspecified atom stereocenters. The maximum Gasteiger partial charge on any atom is 0.320 e. The number of hydrogen-bond acceptors (Lipinski definition) is 5. The van der Waals surface area contributed by atoms with Crippen LogP contribution in [0.4, 0.5) is 0 Å². The Hall–Kier alpha value is -1.18. The Kier molecular flexibility index (Phi) is 11.1. The molecule has 5 N–H and O–H groups in total. The van der Waals surface area contributed by atoms with Gasteiger partial charge in [0.15, 0.2) is 0 Å². The first-order valence-electron chi connectivity index (χ1n) is 6.97. The van der Waals surface area contributed by atoms with E-state index in [4.69, 9.17) is 10.2 Å². The molecule has 7 nitrogen and oxygen atoms in total. The Labute approximate surface area is 126 Å². The average Bonchev–Trinajstić information content (AvgIpc) is 2.31. The molecular weight excluding hydrogens is 276 g/mol. The number of aliphatic hydroxyl groups is 1. The van der Waals surface area contributed by atoms with Crippen LogP contribution in [0, 0.1) is 5.92 Å². The summed E-state index contributed by atoms with van der Waals surface area (Å²) in [6, 6.07) is -1.06. The van der Waals surface area contributed by atoms with E-state index < -0.39 is 23.6 Å². The van der Waals surface area contributed by atoms with Gasteiger partial charge in [0, 0.05) is 6.42 Å². The maximum absolute atomic E-state index is 10.4. The molecule has 0 fully saturated rings. The lowest BCUT2D eigenvalue weighted by Crippen LogP contribution is -2.40. The van der Waals surface area contributed by atoms with Gasteiger partial charge in [0.2, 0.25) is 0 Å². The normalized spacial score (nSPS) is 14.1. The summed E-state index contributed by atoms with van der Waals surface area (Å²) in [5.41, 5.74) is -0.938. The summed E-state index contributed by atoms with van der Waals surface area (Å²) in [7, 11) is 3.23. The van der Waals surface area contributed by atoms with Crippen LogP contribution in [0.25, 0.3) is 0 Å². The van der Waals surface area contributed by atoms with Crippen molar-refractivity contribution in [1.29, 1.82) is 0 Å². The molecule has 0 spiro atoms. The van der Waals surface area contributed by atoms with Crippen molar-refractivity contribution < 1.29 is 24.9 Å².